The van der Waals surface area contributed by atoms with E-state index in [-0.39, 0.29) is 0 Å². The highest BCUT2D eigenvalue weighted by atomic mass is 33.1. The fourth-order valence-electron chi connectivity index (χ4n) is 4.76. The number of pyridine rings is 2. The number of hydrogen-bond acceptors (Lipinski definition) is 6. The van der Waals surface area contributed by atoms with Crippen molar-refractivity contribution >= 4 is 43.4 Å². The lowest BCUT2D eigenvalue weighted by Gasteiger charge is -2.11. The molecule has 0 fully saturated rings. The summed E-state index contributed by atoms with van der Waals surface area (Å²) in [5.41, 5.74) is 1.94. The molecule has 0 amide bonds. The van der Waals surface area contributed by atoms with Gasteiger partial charge in [0.05, 0.1) is 24.2 Å². The lowest BCUT2D eigenvalue weighted by molar-refractivity contribution is 0.304. The Morgan fingerprint density at radius 2 is 0.950 bits per heavy atom. The molecule has 40 heavy (non-hydrogen) atoms. The Kier molecular flexibility index (Phi) is 13.3. The van der Waals surface area contributed by atoms with Gasteiger partial charge in [-0.05, 0) is 49.2 Å². The Morgan fingerprint density at radius 3 is 1.40 bits per heavy atom. The van der Waals surface area contributed by atoms with E-state index in [9.17, 15) is 0 Å². The number of rotatable bonds is 19. The van der Waals surface area contributed by atoms with E-state index in [1.54, 1.807) is 21.6 Å². The van der Waals surface area contributed by atoms with Crippen LogP contribution < -0.4 is 9.47 Å². The van der Waals surface area contributed by atoms with E-state index < -0.39 is 0 Å². The van der Waals surface area contributed by atoms with Gasteiger partial charge >= 0.3 is 0 Å². The normalized spacial score (nSPS) is 11.3. The van der Waals surface area contributed by atoms with Gasteiger partial charge in [0, 0.05) is 45.1 Å². The van der Waals surface area contributed by atoms with Crippen LogP contribution in [-0.4, -0.2) is 23.2 Å². The zero-order chi connectivity index (χ0) is 27.8. The molecule has 0 atom stereocenters. The van der Waals surface area contributed by atoms with E-state index in [1.165, 1.54) is 74.0 Å². The highest BCUT2D eigenvalue weighted by molar-refractivity contribution is 8.76. The molecule has 0 radical (unpaired) electrons. The zero-order valence-corrected chi connectivity index (χ0v) is 25.8. The van der Waals surface area contributed by atoms with E-state index in [2.05, 4.69) is 72.3 Å². The number of benzene rings is 2. The van der Waals surface area contributed by atoms with Crippen LogP contribution in [-0.2, 0) is 0 Å². The average molecular weight is 577 g/mol. The number of nitrogens with zero attached hydrogens (tertiary/aromatic N) is 2. The lowest BCUT2D eigenvalue weighted by atomic mass is 10.1. The van der Waals surface area contributed by atoms with Crippen molar-refractivity contribution in [2.75, 3.05) is 13.2 Å². The summed E-state index contributed by atoms with van der Waals surface area (Å²) in [6.45, 7) is 6.04. The maximum Gasteiger partial charge on any atom is 0.121 e. The van der Waals surface area contributed by atoms with Crippen molar-refractivity contribution in [2.45, 2.75) is 101 Å². The number of hydrogen-bond donors (Lipinski definition) is 0. The molecule has 0 bridgehead atoms. The van der Waals surface area contributed by atoms with E-state index in [1.807, 2.05) is 12.4 Å². The largest absolute Gasteiger partial charge is 0.494 e. The minimum atomic E-state index is 0.767. The maximum absolute atomic E-state index is 6.03. The van der Waals surface area contributed by atoms with Crippen LogP contribution in [0.3, 0.4) is 0 Å². The van der Waals surface area contributed by atoms with Gasteiger partial charge in [-0.2, -0.15) is 0 Å². The molecule has 0 N–H and O–H groups in total. The van der Waals surface area contributed by atoms with Crippen LogP contribution in [0.4, 0.5) is 0 Å². The molecule has 0 saturated carbocycles. The van der Waals surface area contributed by atoms with Gasteiger partial charge in [-0.25, -0.2) is 0 Å². The molecule has 2 heterocycles. The molecular formula is C34H44N2O2S2. The third-order valence-corrected chi connectivity index (χ3v) is 9.58. The molecular weight excluding hydrogens is 533 g/mol. The Bertz CT molecular complexity index is 1210. The highest BCUT2D eigenvalue weighted by Gasteiger charge is 2.09. The van der Waals surface area contributed by atoms with E-state index in [0.29, 0.717) is 0 Å². The van der Waals surface area contributed by atoms with Crippen LogP contribution in [0.15, 0.2) is 70.7 Å². The van der Waals surface area contributed by atoms with Gasteiger partial charge in [0.25, 0.3) is 0 Å². The fourth-order valence-corrected chi connectivity index (χ4v) is 7.11. The topological polar surface area (TPSA) is 44.2 Å². The van der Waals surface area contributed by atoms with Gasteiger partial charge in [-0.3, -0.25) is 9.97 Å². The number of unbranched alkanes of at least 4 members (excludes halogenated alkanes) is 10. The molecule has 0 aliphatic carbocycles. The summed E-state index contributed by atoms with van der Waals surface area (Å²) >= 11 is 0. The molecule has 0 saturated heterocycles. The van der Waals surface area contributed by atoms with Crippen molar-refractivity contribution in [3.05, 3.63) is 60.9 Å². The quantitative estimate of drug-likeness (QED) is 0.0817. The second-order valence-electron chi connectivity index (χ2n) is 10.4. The molecule has 2 aromatic carbocycles. The molecule has 0 aliphatic rings. The standard InChI is InChI=1S/C34H44N2O2S2/c1-3-5-7-9-11-13-23-37-27-15-17-29-31(25-27)35-21-19-33(29)39-40-34-20-22-36-32-26-28(16-18-30(32)34)38-24-14-12-10-8-6-4-2/h15-22,25-26H,3-14,23-24H2,1-2H3. The van der Waals surface area contributed by atoms with Crippen LogP contribution in [0.25, 0.3) is 21.8 Å². The van der Waals surface area contributed by atoms with Gasteiger partial charge in [0.15, 0.2) is 0 Å². The van der Waals surface area contributed by atoms with Crippen LogP contribution >= 0.6 is 21.6 Å². The highest BCUT2D eigenvalue weighted by Crippen LogP contribution is 2.43. The van der Waals surface area contributed by atoms with Gasteiger partial charge in [0.1, 0.15) is 11.5 Å². The number of ether oxygens (including phenoxy) is 2. The second-order valence-corrected chi connectivity index (χ2v) is 12.6. The first kappa shape index (κ1) is 30.5. The van der Waals surface area contributed by atoms with Crippen LogP contribution in [0, 0.1) is 0 Å². The van der Waals surface area contributed by atoms with Crippen molar-refractivity contribution in [1.82, 2.24) is 9.97 Å². The molecule has 4 rings (SSSR count). The molecule has 0 unspecified atom stereocenters. The van der Waals surface area contributed by atoms with Crippen molar-refractivity contribution in [3.8, 4) is 11.5 Å². The number of fused-ring (bicyclic) bond motifs is 2. The van der Waals surface area contributed by atoms with Crippen LogP contribution in [0.2, 0.25) is 0 Å². The van der Waals surface area contributed by atoms with Gasteiger partial charge < -0.3 is 9.47 Å². The minimum absolute atomic E-state index is 0.767. The molecule has 4 aromatic rings. The van der Waals surface area contributed by atoms with E-state index in [4.69, 9.17) is 9.47 Å². The van der Waals surface area contributed by atoms with Crippen molar-refractivity contribution in [3.63, 3.8) is 0 Å². The Labute approximate surface area is 248 Å². The summed E-state index contributed by atoms with van der Waals surface area (Å²) in [5.74, 6) is 1.80. The zero-order valence-electron chi connectivity index (χ0n) is 24.2. The van der Waals surface area contributed by atoms with Crippen LogP contribution in [0.5, 0.6) is 11.5 Å². The monoisotopic (exact) mass is 576 g/mol. The third-order valence-electron chi connectivity index (χ3n) is 7.10. The summed E-state index contributed by atoms with van der Waals surface area (Å²) in [6, 6.07) is 16.7. The Morgan fingerprint density at radius 1 is 0.525 bits per heavy atom. The van der Waals surface area contributed by atoms with Crippen LogP contribution in [0.1, 0.15) is 90.9 Å². The molecule has 4 nitrogen and oxygen atoms in total. The first-order valence-corrected chi connectivity index (χ1v) is 17.3. The summed E-state index contributed by atoms with van der Waals surface area (Å²) in [4.78, 5) is 11.6. The Hall–Kier alpha value is -2.44. The molecule has 0 spiro atoms. The predicted octanol–water partition coefficient (Wildman–Crippen LogP) is 11.1. The van der Waals surface area contributed by atoms with E-state index in [0.717, 1.165) is 59.4 Å². The minimum Gasteiger partial charge on any atom is -0.494 e. The second kappa shape index (κ2) is 17.4. The summed E-state index contributed by atoms with van der Waals surface area (Å²) in [6.07, 6.45) is 19.0. The van der Waals surface area contributed by atoms with Crippen molar-refractivity contribution in [1.29, 1.82) is 0 Å². The third kappa shape index (κ3) is 9.59. The molecule has 0 aliphatic heterocycles. The average Bonchev–Trinajstić information content (AvgIpc) is 2.98. The Balaban J connectivity index is 1.31. The predicted molar refractivity (Wildman–Crippen MR) is 173 cm³/mol. The first-order valence-electron chi connectivity index (χ1n) is 15.2. The first-order chi connectivity index (χ1) is 19.8. The lowest BCUT2D eigenvalue weighted by Crippen LogP contribution is -1.97. The fraction of sp³-hybridized carbons (Fsp3) is 0.471. The van der Waals surface area contributed by atoms with E-state index >= 15 is 0 Å². The van der Waals surface area contributed by atoms with Gasteiger partial charge in [0.2, 0.25) is 0 Å². The van der Waals surface area contributed by atoms with Crippen molar-refractivity contribution in [2.24, 2.45) is 0 Å². The number of aromatic nitrogens is 2. The van der Waals surface area contributed by atoms with Gasteiger partial charge in [-0.15, -0.1) is 0 Å². The molecule has 2 aromatic heterocycles. The molecule has 214 valence electrons. The summed E-state index contributed by atoms with van der Waals surface area (Å²) in [7, 11) is 3.52. The summed E-state index contributed by atoms with van der Waals surface area (Å²) in [5, 5.41) is 2.30. The van der Waals surface area contributed by atoms with Gasteiger partial charge in [-0.1, -0.05) is 99.6 Å². The maximum atomic E-state index is 6.03. The SMILES string of the molecule is CCCCCCCCOc1ccc2c(SSc3ccnc4cc(OCCCCCCCC)ccc34)ccnc2c1. The smallest absolute Gasteiger partial charge is 0.121 e. The van der Waals surface area contributed by atoms with Crippen molar-refractivity contribution < 1.29 is 9.47 Å². The summed E-state index contributed by atoms with van der Waals surface area (Å²) < 4.78 is 12.1. The molecule has 6 heteroatoms.